The van der Waals surface area contributed by atoms with Crippen LogP contribution in [0.3, 0.4) is 0 Å². The molecule has 0 spiro atoms. The molecule has 0 aromatic carbocycles. The molecule has 0 saturated heterocycles. The van der Waals surface area contributed by atoms with E-state index < -0.39 is 0 Å². The van der Waals surface area contributed by atoms with Crippen molar-refractivity contribution in [2.24, 2.45) is 0 Å². The van der Waals surface area contributed by atoms with Gasteiger partial charge in [-0.05, 0) is 0 Å². The Balaban J connectivity index is -0.000000125. The number of rotatable bonds is 3. The van der Waals surface area contributed by atoms with Crippen LogP contribution in [0.5, 0.6) is 0 Å². The van der Waals surface area contributed by atoms with Crippen molar-refractivity contribution in [1.82, 2.24) is 0 Å². The Labute approximate surface area is 63.7 Å². The molecule has 0 aliphatic rings. The summed E-state index contributed by atoms with van der Waals surface area (Å²) in [6.07, 6.45) is 0. The molecule has 8 heavy (non-hydrogen) atoms. The third-order valence-electron chi connectivity index (χ3n) is 0.492. The Bertz CT molecular complexity index is 22.4. The first-order valence-electron chi connectivity index (χ1n) is 1.89. The van der Waals surface area contributed by atoms with Crippen LogP contribution in [0.1, 0.15) is 0 Å². The Morgan fingerprint density at radius 2 is 1.25 bits per heavy atom. The van der Waals surface area contributed by atoms with Gasteiger partial charge < -0.3 is 16.9 Å². The first-order valence-corrected chi connectivity index (χ1v) is 1.89. The first-order chi connectivity index (χ1) is 2.91. The van der Waals surface area contributed by atoms with Crippen LogP contribution in [0.2, 0.25) is 0 Å². The van der Waals surface area contributed by atoms with Gasteiger partial charge in [0.1, 0.15) is 0 Å². The topological polar surface area (TPSA) is 18.5 Å². The summed E-state index contributed by atoms with van der Waals surface area (Å²) in [5.41, 5.74) is 0. The standard InChI is InChI=1S/C4H10O2.CH3.Li/c1-5-3-4-6-2;;/h3-4H2,1-2H3;1H3;/q;-1;+1. The van der Waals surface area contributed by atoms with Gasteiger partial charge in [-0.3, -0.25) is 0 Å². The van der Waals surface area contributed by atoms with Crippen LogP contribution in [-0.4, -0.2) is 27.4 Å². The van der Waals surface area contributed by atoms with Crippen molar-refractivity contribution in [3.8, 4) is 0 Å². The fraction of sp³-hybridized carbons (Fsp3) is 0.800. The van der Waals surface area contributed by atoms with Gasteiger partial charge in [0.05, 0.1) is 13.2 Å². The second-order valence-corrected chi connectivity index (χ2v) is 0.986. The molecule has 0 bridgehead atoms. The summed E-state index contributed by atoms with van der Waals surface area (Å²) in [6.45, 7) is 1.38. The van der Waals surface area contributed by atoms with Gasteiger partial charge in [-0.2, -0.15) is 0 Å². The Morgan fingerprint density at radius 1 is 1.00 bits per heavy atom. The summed E-state index contributed by atoms with van der Waals surface area (Å²) in [6, 6.07) is 0. The minimum atomic E-state index is 0. The van der Waals surface area contributed by atoms with Crippen molar-refractivity contribution in [2.75, 3.05) is 27.4 Å². The third kappa shape index (κ3) is 16.0. The maximum Gasteiger partial charge on any atom is 1.00 e. The molecular weight excluding hydrogens is 99.0 g/mol. The van der Waals surface area contributed by atoms with Gasteiger partial charge in [0.15, 0.2) is 0 Å². The molecule has 0 saturated carbocycles. The largest absolute Gasteiger partial charge is 1.00 e. The van der Waals surface area contributed by atoms with E-state index in [-0.39, 0.29) is 26.3 Å². The van der Waals surface area contributed by atoms with Gasteiger partial charge in [-0.25, -0.2) is 0 Å². The van der Waals surface area contributed by atoms with Gasteiger partial charge in [-0.1, -0.05) is 0 Å². The Morgan fingerprint density at radius 3 is 1.38 bits per heavy atom. The molecule has 0 amide bonds. The van der Waals surface area contributed by atoms with E-state index in [1.165, 1.54) is 0 Å². The van der Waals surface area contributed by atoms with Crippen LogP contribution in [0.4, 0.5) is 0 Å². The van der Waals surface area contributed by atoms with E-state index in [9.17, 15) is 0 Å². The molecule has 0 aliphatic heterocycles. The van der Waals surface area contributed by atoms with Crippen molar-refractivity contribution in [1.29, 1.82) is 0 Å². The number of methoxy groups -OCH3 is 2. The van der Waals surface area contributed by atoms with Crippen LogP contribution in [-0.2, 0) is 9.47 Å². The summed E-state index contributed by atoms with van der Waals surface area (Å²) >= 11 is 0. The van der Waals surface area contributed by atoms with Crippen molar-refractivity contribution in [3.05, 3.63) is 7.43 Å². The van der Waals surface area contributed by atoms with E-state index >= 15 is 0 Å². The quantitative estimate of drug-likeness (QED) is 0.233. The van der Waals surface area contributed by atoms with Crippen LogP contribution < -0.4 is 18.9 Å². The summed E-state index contributed by atoms with van der Waals surface area (Å²) in [4.78, 5) is 0. The molecule has 0 atom stereocenters. The van der Waals surface area contributed by atoms with Crippen molar-refractivity contribution in [2.45, 2.75) is 0 Å². The Kier molecular flexibility index (Phi) is 30.9. The maximum absolute atomic E-state index is 4.66. The predicted octanol–water partition coefficient (Wildman–Crippen LogP) is -2.27. The molecule has 0 fully saturated rings. The molecule has 0 heterocycles. The van der Waals surface area contributed by atoms with Crippen molar-refractivity contribution >= 4 is 0 Å². The fourth-order valence-electron chi connectivity index (χ4n) is 0.167. The minimum absolute atomic E-state index is 0. The van der Waals surface area contributed by atoms with E-state index in [1.54, 1.807) is 14.2 Å². The van der Waals surface area contributed by atoms with Gasteiger partial charge >= 0.3 is 18.9 Å². The smallest absolute Gasteiger partial charge is 0.382 e. The zero-order valence-corrected chi connectivity index (χ0v) is 6.23. The van der Waals surface area contributed by atoms with Crippen LogP contribution >= 0.6 is 0 Å². The van der Waals surface area contributed by atoms with E-state index in [4.69, 9.17) is 0 Å². The molecular formula is C5H13LiO2. The maximum atomic E-state index is 4.66. The summed E-state index contributed by atoms with van der Waals surface area (Å²) in [7, 11) is 3.30. The predicted molar refractivity (Wildman–Crippen MR) is 30.2 cm³/mol. The molecule has 0 radical (unpaired) electrons. The van der Waals surface area contributed by atoms with Gasteiger partial charge in [0.2, 0.25) is 0 Å². The van der Waals surface area contributed by atoms with E-state index in [1.807, 2.05) is 0 Å². The molecule has 3 heteroatoms. The normalized spacial score (nSPS) is 6.75. The molecule has 0 aliphatic carbocycles. The Hall–Kier alpha value is 0.517. The van der Waals surface area contributed by atoms with E-state index in [0.717, 1.165) is 0 Å². The summed E-state index contributed by atoms with van der Waals surface area (Å²) in [5, 5.41) is 0. The van der Waals surface area contributed by atoms with Crippen molar-refractivity contribution < 1.29 is 28.3 Å². The number of ether oxygens (including phenoxy) is 2. The summed E-state index contributed by atoms with van der Waals surface area (Å²) < 4.78 is 9.31. The second-order valence-electron chi connectivity index (χ2n) is 0.986. The SMILES string of the molecule is COCCOC.[CH3-].[Li+]. The van der Waals surface area contributed by atoms with E-state index in [2.05, 4.69) is 9.47 Å². The van der Waals surface area contributed by atoms with E-state index in [0.29, 0.717) is 13.2 Å². The molecule has 0 N–H and O–H groups in total. The molecule has 0 aromatic heterocycles. The van der Waals surface area contributed by atoms with Gasteiger partial charge in [0, 0.05) is 14.2 Å². The second kappa shape index (κ2) is 15.6. The van der Waals surface area contributed by atoms with Crippen LogP contribution in [0.15, 0.2) is 0 Å². The minimum Gasteiger partial charge on any atom is -0.382 e. The van der Waals surface area contributed by atoms with Gasteiger partial charge in [-0.15, -0.1) is 0 Å². The monoisotopic (exact) mass is 112 g/mol. The molecule has 0 unspecified atom stereocenters. The van der Waals surface area contributed by atoms with Gasteiger partial charge in [0.25, 0.3) is 0 Å². The third-order valence-corrected chi connectivity index (χ3v) is 0.492. The van der Waals surface area contributed by atoms with Crippen LogP contribution in [0.25, 0.3) is 0 Å². The summed E-state index contributed by atoms with van der Waals surface area (Å²) in [5.74, 6) is 0. The molecule has 0 aromatic rings. The molecule has 2 nitrogen and oxygen atoms in total. The molecule has 46 valence electrons. The van der Waals surface area contributed by atoms with Crippen LogP contribution in [0, 0.1) is 7.43 Å². The number of hydrogen-bond donors (Lipinski definition) is 0. The van der Waals surface area contributed by atoms with Crippen molar-refractivity contribution in [3.63, 3.8) is 0 Å². The first kappa shape index (κ1) is 15.8. The fourth-order valence-corrected chi connectivity index (χ4v) is 0.167. The zero-order chi connectivity index (χ0) is 4.83. The average Bonchev–Trinajstić information content (AvgIpc) is 1.61. The zero-order valence-electron chi connectivity index (χ0n) is 6.23. The molecule has 0 rings (SSSR count). The average molecular weight is 112 g/mol. The number of hydrogen-bond acceptors (Lipinski definition) is 2.